The van der Waals surface area contributed by atoms with Crippen LogP contribution in [0.25, 0.3) is 0 Å². The summed E-state index contributed by atoms with van der Waals surface area (Å²) in [6, 6.07) is 7.42. The minimum atomic E-state index is -0.326. The summed E-state index contributed by atoms with van der Waals surface area (Å²) in [6.07, 6.45) is 7.46. The van der Waals surface area contributed by atoms with E-state index in [0.29, 0.717) is 43.4 Å². The first-order chi connectivity index (χ1) is 19.1. The molecule has 0 saturated heterocycles. The molecule has 1 aromatic carbocycles. The lowest BCUT2D eigenvalue weighted by Gasteiger charge is -2.24. The number of ether oxygens (including phenoxy) is 1. The van der Waals surface area contributed by atoms with E-state index in [1.807, 2.05) is 45.0 Å². The zero-order valence-electron chi connectivity index (χ0n) is 24.1. The molecule has 3 amide bonds. The molecular formula is C30H44Cl2N4O4. The van der Waals surface area contributed by atoms with Gasteiger partial charge in [-0.2, -0.15) is 0 Å². The zero-order chi connectivity index (χ0) is 29.9. The number of allylic oxidation sites excluding steroid dienone is 4. The Morgan fingerprint density at radius 2 is 1.90 bits per heavy atom. The number of likely N-dealkylation sites (N-methyl/N-ethyl adjacent to an activating group) is 2. The summed E-state index contributed by atoms with van der Waals surface area (Å²) < 4.78 is 5.95. The quantitative estimate of drug-likeness (QED) is 0.105. The van der Waals surface area contributed by atoms with Crippen molar-refractivity contribution in [2.45, 2.75) is 52.5 Å². The van der Waals surface area contributed by atoms with Crippen molar-refractivity contribution in [3.63, 3.8) is 0 Å². The second-order valence-corrected chi connectivity index (χ2v) is 10.5. The molecule has 0 aliphatic heterocycles. The Morgan fingerprint density at radius 1 is 1.23 bits per heavy atom. The molecule has 0 bridgehead atoms. The second kappa shape index (κ2) is 20.1. The molecule has 0 heterocycles. The molecule has 1 atom stereocenters. The van der Waals surface area contributed by atoms with E-state index >= 15 is 0 Å². The summed E-state index contributed by atoms with van der Waals surface area (Å²) in [5.74, 6) is 0.700. The number of benzene rings is 1. The Morgan fingerprint density at radius 3 is 2.45 bits per heavy atom. The highest BCUT2D eigenvalue weighted by molar-refractivity contribution is 6.31. The van der Waals surface area contributed by atoms with Gasteiger partial charge in [-0.25, -0.2) is 0 Å². The minimum absolute atomic E-state index is 0.0456. The summed E-state index contributed by atoms with van der Waals surface area (Å²) in [6.45, 7) is 11.5. The van der Waals surface area contributed by atoms with Crippen LogP contribution in [0.4, 0.5) is 0 Å². The average molecular weight is 596 g/mol. The van der Waals surface area contributed by atoms with Gasteiger partial charge in [-0.05, 0) is 76.2 Å². The number of halogens is 2. The van der Waals surface area contributed by atoms with Crippen molar-refractivity contribution >= 4 is 41.4 Å². The molecule has 10 heteroatoms. The van der Waals surface area contributed by atoms with Gasteiger partial charge >= 0.3 is 0 Å². The Hall–Kier alpha value is -2.81. The molecule has 40 heavy (non-hydrogen) atoms. The Kier molecular flexibility index (Phi) is 17.7. The van der Waals surface area contributed by atoms with Gasteiger partial charge in [-0.1, -0.05) is 53.6 Å². The van der Waals surface area contributed by atoms with Gasteiger partial charge in [0.05, 0.1) is 12.6 Å². The first kappa shape index (κ1) is 35.2. The predicted molar refractivity (Wildman–Crippen MR) is 163 cm³/mol. The number of carbonyl (C=O) groups excluding carboxylic acids is 3. The molecule has 3 N–H and O–H groups in total. The van der Waals surface area contributed by atoms with Crippen LogP contribution in [0.1, 0.15) is 45.1 Å². The van der Waals surface area contributed by atoms with E-state index in [4.69, 9.17) is 27.9 Å². The molecule has 1 saturated carbocycles. The molecule has 1 fully saturated rings. The van der Waals surface area contributed by atoms with Crippen molar-refractivity contribution in [2.24, 2.45) is 5.92 Å². The number of hydrogen-bond acceptors (Lipinski definition) is 5. The Bertz CT molecular complexity index is 986. The van der Waals surface area contributed by atoms with Gasteiger partial charge in [0, 0.05) is 36.7 Å². The normalized spacial score (nSPS) is 14.1. The molecule has 0 aromatic heterocycles. The van der Waals surface area contributed by atoms with Crippen LogP contribution in [0.15, 0.2) is 59.4 Å². The van der Waals surface area contributed by atoms with Crippen LogP contribution in [0.5, 0.6) is 0 Å². The first-order valence-corrected chi connectivity index (χ1v) is 14.3. The van der Waals surface area contributed by atoms with E-state index in [9.17, 15) is 14.4 Å². The number of rotatable bonds is 17. The monoisotopic (exact) mass is 594 g/mol. The third-order valence-corrected chi connectivity index (χ3v) is 6.58. The molecule has 222 valence electrons. The van der Waals surface area contributed by atoms with Gasteiger partial charge in [-0.3, -0.25) is 14.4 Å². The molecule has 2 rings (SSSR count). The first-order valence-electron chi connectivity index (χ1n) is 13.6. The lowest BCUT2D eigenvalue weighted by atomic mass is 10.1. The van der Waals surface area contributed by atoms with Gasteiger partial charge in [0.1, 0.15) is 12.4 Å². The lowest BCUT2D eigenvalue weighted by molar-refractivity contribution is -0.136. The molecule has 1 aliphatic rings. The summed E-state index contributed by atoms with van der Waals surface area (Å²) in [7, 11) is 1.65. The van der Waals surface area contributed by atoms with E-state index in [1.54, 1.807) is 13.1 Å². The highest BCUT2D eigenvalue weighted by Crippen LogP contribution is 2.33. The standard InChI is InChI=1S/C23H37ClN4O4.C7H7Cl/c1-5-19(24)14-20(17(3)8-7-11-25-16-29)32-13-12-27-22(18-9-10-18)23(31)28(4)15-21(30)26-6-2;1-6-2-4-7(8)5-3-6/h5,14,16,18,22,27H,1,6-13,15H2,2-4H3,(H,25,29)(H,26,30);2-5H,1H3/b19-14+,20-17-;. The largest absolute Gasteiger partial charge is 0.492 e. The third-order valence-electron chi connectivity index (χ3n) is 6.07. The molecule has 8 nitrogen and oxygen atoms in total. The highest BCUT2D eigenvalue weighted by atomic mass is 35.5. The maximum Gasteiger partial charge on any atom is 0.240 e. The van der Waals surface area contributed by atoms with Crippen LogP contribution in [-0.4, -0.2) is 69.0 Å². The van der Waals surface area contributed by atoms with E-state index in [2.05, 4.69) is 22.5 Å². The van der Waals surface area contributed by atoms with E-state index in [1.165, 1.54) is 16.5 Å². The molecule has 1 aromatic rings. The van der Waals surface area contributed by atoms with E-state index in [-0.39, 0.29) is 30.3 Å². The van der Waals surface area contributed by atoms with Gasteiger partial charge < -0.3 is 25.6 Å². The van der Waals surface area contributed by atoms with Gasteiger partial charge in [0.2, 0.25) is 18.2 Å². The van der Waals surface area contributed by atoms with Crippen LogP contribution in [-0.2, 0) is 19.1 Å². The topological polar surface area (TPSA) is 99.8 Å². The summed E-state index contributed by atoms with van der Waals surface area (Å²) >= 11 is 11.7. The van der Waals surface area contributed by atoms with Crippen LogP contribution in [0, 0.1) is 12.8 Å². The van der Waals surface area contributed by atoms with Crippen molar-refractivity contribution in [1.82, 2.24) is 20.9 Å². The summed E-state index contributed by atoms with van der Waals surface area (Å²) in [5, 5.41) is 9.92. The van der Waals surface area contributed by atoms with Crippen LogP contribution >= 0.6 is 23.2 Å². The van der Waals surface area contributed by atoms with Crippen molar-refractivity contribution in [2.75, 3.05) is 39.8 Å². The maximum atomic E-state index is 12.8. The van der Waals surface area contributed by atoms with Crippen molar-refractivity contribution < 1.29 is 19.1 Å². The number of nitrogens with zero attached hydrogens (tertiary/aromatic N) is 1. The average Bonchev–Trinajstić information content (AvgIpc) is 3.77. The van der Waals surface area contributed by atoms with E-state index < -0.39 is 0 Å². The number of aryl methyl sites for hydroxylation is 1. The van der Waals surface area contributed by atoms with Crippen molar-refractivity contribution in [3.8, 4) is 0 Å². The summed E-state index contributed by atoms with van der Waals surface area (Å²) in [5.41, 5.74) is 2.25. The fourth-order valence-electron chi connectivity index (χ4n) is 3.69. The highest BCUT2D eigenvalue weighted by Gasteiger charge is 2.37. The van der Waals surface area contributed by atoms with E-state index in [0.717, 1.165) is 36.3 Å². The number of nitrogens with one attached hydrogen (secondary N) is 3. The molecule has 0 radical (unpaired) electrons. The minimum Gasteiger partial charge on any atom is -0.492 e. The maximum absolute atomic E-state index is 12.8. The second-order valence-electron chi connectivity index (χ2n) is 9.61. The number of amides is 3. The van der Waals surface area contributed by atoms with Crippen molar-refractivity contribution in [3.05, 3.63) is 69.9 Å². The smallest absolute Gasteiger partial charge is 0.240 e. The van der Waals surface area contributed by atoms with Crippen molar-refractivity contribution in [1.29, 1.82) is 0 Å². The van der Waals surface area contributed by atoms with Crippen LogP contribution < -0.4 is 16.0 Å². The predicted octanol–water partition coefficient (Wildman–Crippen LogP) is 4.72. The van der Waals surface area contributed by atoms with Crippen LogP contribution in [0.2, 0.25) is 5.02 Å². The van der Waals surface area contributed by atoms with Gasteiger partial charge in [0.15, 0.2) is 0 Å². The molecule has 0 spiro atoms. The lowest BCUT2D eigenvalue weighted by Crippen LogP contribution is -2.49. The zero-order valence-corrected chi connectivity index (χ0v) is 25.6. The fraction of sp³-hybridized carbons (Fsp3) is 0.500. The molecule has 1 unspecified atom stereocenters. The fourth-order valence-corrected chi connectivity index (χ4v) is 3.91. The molecular weight excluding hydrogens is 551 g/mol. The van der Waals surface area contributed by atoms with Crippen LogP contribution in [0.3, 0.4) is 0 Å². The third kappa shape index (κ3) is 15.1. The van der Waals surface area contributed by atoms with Gasteiger partial charge in [-0.15, -0.1) is 0 Å². The van der Waals surface area contributed by atoms with Gasteiger partial charge in [0.25, 0.3) is 0 Å². The summed E-state index contributed by atoms with van der Waals surface area (Å²) in [4.78, 5) is 36.5. The number of hydrogen-bond donors (Lipinski definition) is 3. The number of carbonyl (C=O) groups is 3. The Balaban J connectivity index is 0.000000850. The molecule has 1 aliphatic carbocycles. The SMILES string of the molecule is C=C/C(Cl)=C\C(OCCNC(C(=O)N(C)CC(=O)NCC)C1CC1)=C(/C)CCCNC=O.Cc1ccc(Cl)cc1. The Labute approximate surface area is 249 Å².